The summed E-state index contributed by atoms with van der Waals surface area (Å²) in [7, 11) is 0. The van der Waals surface area contributed by atoms with Crippen molar-refractivity contribution in [1.29, 1.82) is 0 Å². The first-order valence-electron chi connectivity index (χ1n) is 7.97. The third kappa shape index (κ3) is 4.46. The fourth-order valence-corrected chi connectivity index (χ4v) is 2.73. The zero-order valence-corrected chi connectivity index (χ0v) is 13.1. The van der Waals surface area contributed by atoms with Gasteiger partial charge < -0.3 is 15.4 Å². The number of para-hydroxylation sites is 1. The molecular weight excluding hydrogens is 264 g/mol. The Bertz CT molecular complexity index is 446. The van der Waals surface area contributed by atoms with E-state index in [4.69, 9.17) is 4.74 Å². The van der Waals surface area contributed by atoms with Crippen LogP contribution in [0.1, 0.15) is 37.8 Å². The van der Waals surface area contributed by atoms with Crippen LogP contribution in [0.4, 0.5) is 5.69 Å². The van der Waals surface area contributed by atoms with Gasteiger partial charge >= 0.3 is 0 Å². The Morgan fingerprint density at radius 2 is 2.00 bits per heavy atom. The topological polar surface area (TPSA) is 50.4 Å². The molecule has 1 heterocycles. The zero-order valence-electron chi connectivity index (χ0n) is 13.1. The van der Waals surface area contributed by atoms with Gasteiger partial charge in [0.15, 0.2) is 0 Å². The predicted molar refractivity (Wildman–Crippen MR) is 85.7 cm³/mol. The molecule has 1 aliphatic heterocycles. The molecule has 21 heavy (non-hydrogen) atoms. The van der Waals surface area contributed by atoms with Gasteiger partial charge in [0.25, 0.3) is 0 Å². The van der Waals surface area contributed by atoms with Crippen LogP contribution in [0.25, 0.3) is 0 Å². The van der Waals surface area contributed by atoms with Crippen molar-refractivity contribution in [2.45, 2.75) is 45.6 Å². The van der Waals surface area contributed by atoms with Crippen LogP contribution in [0.2, 0.25) is 0 Å². The van der Waals surface area contributed by atoms with E-state index in [1.165, 1.54) is 11.1 Å². The molecule has 2 rings (SSSR count). The molecule has 0 aliphatic carbocycles. The van der Waals surface area contributed by atoms with E-state index < -0.39 is 0 Å². The number of rotatable bonds is 7. The second kappa shape index (κ2) is 8.03. The fourth-order valence-electron chi connectivity index (χ4n) is 2.73. The molecule has 116 valence electrons. The Labute approximate surface area is 127 Å². The van der Waals surface area contributed by atoms with E-state index >= 15 is 0 Å². The summed E-state index contributed by atoms with van der Waals surface area (Å²) in [6, 6.07) is 6.32. The van der Waals surface area contributed by atoms with Crippen LogP contribution in [0.15, 0.2) is 18.2 Å². The maximum atomic E-state index is 11.9. The second-order valence-corrected chi connectivity index (χ2v) is 5.45. The number of amides is 1. The lowest BCUT2D eigenvalue weighted by atomic mass is 10.0. The highest BCUT2D eigenvalue weighted by molar-refractivity contribution is 5.81. The van der Waals surface area contributed by atoms with Crippen LogP contribution >= 0.6 is 0 Å². The first kappa shape index (κ1) is 15.8. The lowest BCUT2D eigenvalue weighted by Crippen LogP contribution is -2.35. The minimum atomic E-state index is 0.0264. The first-order valence-corrected chi connectivity index (χ1v) is 7.97. The van der Waals surface area contributed by atoms with Crippen molar-refractivity contribution in [3.05, 3.63) is 29.3 Å². The van der Waals surface area contributed by atoms with Crippen molar-refractivity contribution in [3.63, 3.8) is 0 Å². The van der Waals surface area contributed by atoms with Crippen LogP contribution in [0.3, 0.4) is 0 Å². The second-order valence-electron chi connectivity index (χ2n) is 5.45. The summed E-state index contributed by atoms with van der Waals surface area (Å²) in [6.07, 6.45) is 4.28. The molecule has 1 fully saturated rings. The van der Waals surface area contributed by atoms with Crippen molar-refractivity contribution >= 4 is 11.6 Å². The van der Waals surface area contributed by atoms with Gasteiger partial charge in [0.2, 0.25) is 5.91 Å². The molecule has 0 spiro atoms. The third-order valence-corrected chi connectivity index (χ3v) is 3.98. The maximum absolute atomic E-state index is 11.9. The minimum Gasteiger partial charge on any atom is -0.376 e. The molecule has 1 unspecified atom stereocenters. The van der Waals surface area contributed by atoms with E-state index in [0.29, 0.717) is 13.1 Å². The van der Waals surface area contributed by atoms with Crippen LogP contribution in [0.5, 0.6) is 0 Å². The summed E-state index contributed by atoms with van der Waals surface area (Å²) < 4.78 is 5.50. The number of benzene rings is 1. The number of carbonyl (C=O) groups is 1. The quantitative estimate of drug-likeness (QED) is 0.811. The molecule has 2 N–H and O–H groups in total. The number of carbonyl (C=O) groups excluding carboxylic acids is 1. The molecule has 1 amide bonds. The van der Waals surface area contributed by atoms with E-state index in [-0.39, 0.29) is 12.0 Å². The van der Waals surface area contributed by atoms with Crippen LogP contribution < -0.4 is 10.6 Å². The molecule has 0 radical (unpaired) electrons. The summed E-state index contributed by atoms with van der Waals surface area (Å²) in [6.45, 7) is 6.03. The molecule has 0 saturated carbocycles. The van der Waals surface area contributed by atoms with E-state index in [0.717, 1.165) is 38.0 Å². The molecular formula is C17H26N2O2. The lowest BCUT2D eigenvalue weighted by Gasteiger charge is -2.16. The molecule has 1 aromatic carbocycles. The number of hydrogen-bond acceptors (Lipinski definition) is 3. The smallest absolute Gasteiger partial charge is 0.239 e. The highest BCUT2D eigenvalue weighted by Gasteiger charge is 2.16. The van der Waals surface area contributed by atoms with Gasteiger partial charge in [-0.05, 0) is 36.8 Å². The standard InChI is InChI=1S/C17H26N2O2/c1-3-13-7-5-8-14(4-2)17(13)19-12-16(20)18-11-15-9-6-10-21-15/h5,7-8,15,19H,3-4,6,9-12H2,1-2H3,(H,18,20). The Kier molecular flexibility index (Phi) is 6.05. The van der Waals surface area contributed by atoms with Crippen molar-refractivity contribution in [2.75, 3.05) is 25.0 Å². The number of nitrogens with one attached hydrogen (secondary N) is 2. The molecule has 1 aliphatic rings. The van der Waals surface area contributed by atoms with Crippen molar-refractivity contribution < 1.29 is 9.53 Å². The molecule has 4 heteroatoms. The van der Waals surface area contributed by atoms with Crippen molar-refractivity contribution in [3.8, 4) is 0 Å². The summed E-state index contributed by atoms with van der Waals surface area (Å²) in [4.78, 5) is 11.9. The van der Waals surface area contributed by atoms with Gasteiger partial charge in [0.1, 0.15) is 0 Å². The Hall–Kier alpha value is -1.55. The third-order valence-electron chi connectivity index (χ3n) is 3.98. The van der Waals surface area contributed by atoms with E-state index in [2.05, 4.69) is 42.7 Å². The number of hydrogen-bond donors (Lipinski definition) is 2. The van der Waals surface area contributed by atoms with Gasteiger partial charge in [-0.25, -0.2) is 0 Å². The average molecular weight is 290 g/mol. The number of anilines is 1. The molecule has 1 aromatic rings. The van der Waals surface area contributed by atoms with Gasteiger partial charge in [-0.2, -0.15) is 0 Å². The van der Waals surface area contributed by atoms with Gasteiger partial charge in [-0.15, -0.1) is 0 Å². The molecule has 0 bridgehead atoms. The van der Waals surface area contributed by atoms with Crippen LogP contribution in [-0.4, -0.2) is 31.7 Å². The summed E-state index contributed by atoms with van der Waals surface area (Å²) >= 11 is 0. The van der Waals surface area contributed by atoms with Crippen molar-refractivity contribution in [1.82, 2.24) is 5.32 Å². The van der Waals surface area contributed by atoms with E-state index in [1.807, 2.05) is 0 Å². The molecule has 1 saturated heterocycles. The Morgan fingerprint density at radius 1 is 1.29 bits per heavy atom. The molecule has 0 aromatic heterocycles. The average Bonchev–Trinajstić information content (AvgIpc) is 3.03. The number of aryl methyl sites for hydroxylation is 2. The monoisotopic (exact) mass is 290 g/mol. The predicted octanol–water partition coefficient (Wildman–Crippen LogP) is 2.52. The van der Waals surface area contributed by atoms with Crippen LogP contribution in [0, 0.1) is 0 Å². The van der Waals surface area contributed by atoms with E-state index in [1.54, 1.807) is 0 Å². The summed E-state index contributed by atoms with van der Waals surface area (Å²) in [5, 5.41) is 6.25. The SMILES string of the molecule is CCc1cccc(CC)c1NCC(=O)NCC1CCCO1. The van der Waals surface area contributed by atoms with E-state index in [9.17, 15) is 4.79 Å². The minimum absolute atomic E-state index is 0.0264. The first-order chi connectivity index (χ1) is 10.2. The lowest BCUT2D eigenvalue weighted by molar-refractivity contribution is -0.119. The Balaban J connectivity index is 1.85. The number of ether oxygens (including phenoxy) is 1. The largest absolute Gasteiger partial charge is 0.376 e. The highest BCUT2D eigenvalue weighted by atomic mass is 16.5. The summed E-state index contributed by atoms with van der Waals surface area (Å²) in [5.74, 6) is 0.0264. The van der Waals surface area contributed by atoms with Gasteiger partial charge in [-0.3, -0.25) is 4.79 Å². The van der Waals surface area contributed by atoms with Crippen LogP contribution in [-0.2, 0) is 22.4 Å². The normalized spacial score (nSPS) is 17.7. The van der Waals surface area contributed by atoms with Crippen molar-refractivity contribution in [2.24, 2.45) is 0 Å². The van der Waals surface area contributed by atoms with Gasteiger partial charge in [0, 0.05) is 18.8 Å². The Morgan fingerprint density at radius 3 is 2.57 bits per heavy atom. The molecule has 1 atom stereocenters. The molecule has 4 nitrogen and oxygen atoms in total. The fraction of sp³-hybridized carbons (Fsp3) is 0.588. The summed E-state index contributed by atoms with van der Waals surface area (Å²) in [5.41, 5.74) is 3.65. The highest BCUT2D eigenvalue weighted by Crippen LogP contribution is 2.22. The van der Waals surface area contributed by atoms with Gasteiger partial charge in [0.05, 0.1) is 12.6 Å². The zero-order chi connectivity index (χ0) is 15.1. The maximum Gasteiger partial charge on any atom is 0.239 e. The van der Waals surface area contributed by atoms with Gasteiger partial charge in [-0.1, -0.05) is 32.0 Å².